The molecular weight excluding hydrogens is 1900 g/mol. The third-order valence-electron chi connectivity index (χ3n) is 24.5. The van der Waals surface area contributed by atoms with Gasteiger partial charge in [0.05, 0.1) is 42.5 Å². The summed E-state index contributed by atoms with van der Waals surface area (Å²) in [4.78, 5) is 0. The van der Waals surface area contributed by atoms with E-state index in [9.17, 15) is 5.11 Å². The third-order valence-corrected chi connectivity index (χ3v) is 28.8. The Bertz CT molecular complexity index is 5330. The fraction of sp³-hybridized carbons (Fsp3) is 0.373. The number of phenols is 1. The smallest absolute Gasteiger partial charge is 0.144 e. The number of hydrogen-bond acceptors (Lipinski definition) is 15. The number of aromatic hydroxyl groups is 1. The molecule has 0 amide bonds. The van der Waals surface area contributed by atoms with Crippen LogP contribution in [0, 0.1) is 79.3 Å². The summed E-state index contributed by atoms with van der Waals surface area (Å²) < 4.78 is 0. The largest absolute Gasteiger partial charge is 2.00 e. The van der Waals surface area contributed by atoms with Crippen LogP contribution >= 0.6 is 7.26 Å². The maximum Gasteiger partial charge on any atom is 0.144 e. The van der Waals surface area contributed by atoms with E-state index >= 15 is 35.7 Å². The van der Waals surface area contributed by atoms with Gasteiger partial charge in [-0.1, -0.05) is 414 Å². The summed E-state index contributed by atoms with van der Waals surface area (Å²) in [6, 6.07) is 86.8. The summed E-state index contributed by atoms with van der Waals surface area (Å²) in [7, 11) is -1.91. The first-order valence-electron chi connectivity index (χ1n) is 48.1. The molecule has 17 nitrogen and oxygen atoms in total. The second-order valence-electron chi connectivity index (χ2n) is 44.0. The summed E-state index contributed by atoms with van der Waals surface area (Å²) >= 11 is 0. The molecule has 20 heteroatoms. The van der Waals surface area contributed by atoms with Crippen LogP contribution in [0.5, 0.6) is 46.0 Å². The summed E-state index contributed by atoms with van der Waals surface area (Å²) in [5.41, 5.74) is 10.7. The molecule has 0 unspecified atom stereocenters. The molecule has 0 saturated carbocycles. The van der Waals surface area contributed by atoms with Crippen molar-refractivity contribution < 1.29 is 88.9 Å². The zero-order chi connectivity index (χ0) is 107. The second-order valence-corrected chi connectivity index (χ2v) is 47.4. The topological polar surface area (TPSA) is 405 Å². The average Bonchev–Trinajstić information content (AvgIpc) is 0.718. The van der Waals surface area contributed by atoms with Crippen LogP contribution in [0.2, 0.25) is 0 Å². The molecule has 0 spiro atoms. The van der Waals surface area contributed by atoms with Crippen molar-refractivity contribution in [2.24, 2.45) is 0 Å². The fourth-order valence-electron chi connectivity index (χ4n) is 16.8. The van der Waals surface area contributed by atoms with Crippen molar-refractivity contribution >= 4 is 28.5 Å². The van der Waals surface area contributed by atoms with Gasteiger partial charge in [-0.3, -0.25) is 0 Å². The van der Waals surface area contributed by atoms with Crippen LogP contribution in [0.1, 0.15) is 348 Å². The van der Waals surface area contributed by atoms with Gasteiger partial charge in [0, 0.05) is 98.4 Å². The third kappa shape index (κ3) is 35.1. The van der Waals surface area contributed by atoms with Crippen molar-refractivity contribution in [2.45, 2.75) is 309 Å². The van der Waals surface area contributed by atoms with Crippen LogP contribution < -0.4 is 57.0 Å². The van der Waals surface area contributed by atoms with Gasteiger partial charge in [0.1, 0.15) is 34.2 Å². The van der Waals surface area contributed by atoms with E-state index in [1.54, 1.807) is 42.5 Å². The number of hydrogen-bond donors (Lipinski definition) is 1. The maximum atomic E-state index is 15.4. The molecule has 0 aliphatic heterocycles. The Morgan fingerprint density at radius 1 is 0.199 bits per heavy atom. The molecule has 12 aromatic carbocycles. The number of benzene rings is 12. The minimum Gasteiger partial charge on any atom is -2.00 e. The molecule has 1 aliphatic rings. The van der Waals surface area contributed by atoms with Crippen LogP contribution in [-0.4, -0.2) is 5.11 Å². The minimum absolute atomic E-state index is 0. The Morgan fingerprint density at radius 2 is 0.288 bits per heavy atom. The Balaban J connectivity index is 0.00000176. The first-order chi connectivity index (χ1) is 66.2. The normalized spacial score (nSPS) is 11.7. The molecule has 0 saturated heterocycles. The molecule has 0 atom stereocenters. The van der Waals surface area contributed by atoms with Crippen molar-refractivity contribution in [1.82, 2.24) is 0 Å². The van der Waals surface area contributed by atoms with Gasteiger partial charge in [0.25, 0.3) is 0 Å². The zero-order valence-corrected chi connectivity index (χ0v) is 95.2. The van der Waals surface area contributed by atoms with Gasteiger partial charge in [-0.25, -0.2) is 0 Å². The van der Waals surface area contributed by atoms with E-state index in [4.69, 9.17) is 36.8 Å². The van der Waals surface area contributed by atoms with Crippen LogP contribution in [0.3, 0.4) is 0 Å². The van der Waals surface area contributed by atoms with Crippen LogP contribution in [0.4, 0.5) is 0 Å². The van der Waals surface area contributed by atoms with E-state index in [1.165, 1.54) is 69.7 Å². The maximum absolute atomic E-state index is 15.4. The van der Waals surface area contributed by atoms with Crippen LogP contribution in [-0.2, 0) is 143 Å². The first-order valence-corrected chi connectivity index (χ1v) is 49.9. The molecule has 2 radical (unpaired) electrons. The average molecular weight is 2050 g/mol. The number of phenolic OH excluding ortho intramolecular Hbond substituents is 1. The van der Waals surface area contributed by atoms with Crippen molar-refractivity contribution in [3.8, 4) is 88.5 Å². The molecule has 146 heavy (non-hydrogen) atoms. The number of fused-ring (bicyclic) bond motifs is 16. The van der Waals surface area contributed by atoms with E-state index in [1.807, 2.05) is 97.1 Å². The summed E-state index contributed by atoms with van der Waals surface area (Å²) in [5.74, 6) is -1.80. The quantitative estimate of drug-likeness (QED) is 0.160. The van der Waals surface area contributed by atoms with Gasteiger partial charge in [-0.05, 0) is 186 Å². The Labute approximate surface area is 897 Å². The molecular formula is C126H146N7O10PV2-10. The summed E-state index contributed by atoms with van der Waals surface area (Å²) in [6.45, 7) is 60.1. The molecule has 13 rings (SSSR count). The predicted molar refractivity (Wildman–Crippen MR) is 573 cm³/mol. The predicted octanol–water partition coefficient (Wildman–Crippen LogP) is 24.1. The Morgan fingerprint density at radius 3 is 0.384 bits per heavy atom. The van der Waals surface area contributed by atoms with Gasteiger partial charge in [-0.2, -0.15) is 36.8 Å². The zero-order valence-electron chi connectivity index (χ0n) is 91.5. The molecule has 1 N–H and O–H groups in total. The molecule has 770 valence electrons. The van der Waals surface area contributed by atoms with Crippen molar-refractivity contribution in [1.29, 1.82) is 36.8 Å². The SMILES string of the molecule is CC#N.CC#N.CC#N.CC#N.CC#N.CC#N.CC#N.CC(C)(C)c1cc2c([O-])c(c1)Cc1cc(C(C)(C)C)cc(c1[O-])Cc1cc(C(C)(C)C)cc(c1[O-])Cc1cc(C(C)(C)C)cc(c1[O-])Cc1cc(C(C)(C)C)cc(c1O)Cc1cc(C(C)(C)C)cc(c1[O-])Cc1cc(C(C)(C)C)cc(c1[O-])Cc1cc(C(C)(C)C)cc(c1[O-])C2.[O-2].[O-2].[V].[V].c1ccc([P+](c2ccccc2)(c2ccccc2)c2ccccc2)cc1. The van der Waals surface area contributed by atoms with Crippen LogP contribution in [0.15, 0.2) is 218 Å². The van der Waals surface area contributed by atoms with E-state index in [-0.39, 0.29) is 145 Å². The van der Waals surface area contributed by atoms with Crippen molar-refractivity contribution in [3.63, 3.8) is 0 Å². The van der Waals surface area contributed by atoms with Gasteiger partial charge in [0.2, 0.25) is 0 Å². The first kappa shape index (κ1) is 131. The van der Waals surface area contributed by atoms with E-state index in [0.29, 0.717) is 89.0 Å². The Kier molecular flexibility index (Phi) is 50.8. The standard InChI is InChI=1S/C88H112O8.C24H20P.7C2H3N.2O.2V/c1-81(2,3)65-33-49-25-51-35-66(82(4,5)6)37-53(74(51)90)27-55-39-68(84(10,11)12)41-57(76(55)92)29-59-43-70(86(16,17)18)45-61(78(59)94)31-63-47-72(88(22,23)24)48-64(80(63)96)32-62-46-71(87(19,20)21)44-60(79(62)95)30-58-42-69(85(13,14)15)40-56(77(58)93)28-54-38-67(83(7,8)9)36-52(75(54)91)26-50(34-65)73(49)89;1-5-13-21(14-6-1)25(22-15-7-2-8-16-22,23-17-9-3-10-18-23)24-19-11-4-12-20-24;7*1-2-3;;;;/h33-48,89-96H,25-32H2,1-24H3;1-20H;7*1H3;;;;/q;+1;;;;;;;;2*-2;;/p-7. The summed E-state index contributed by atoms with van der Waals surface area (Å²) in [5, 5.41) is 177. The van der Waals surface area contributed by atoms with Crippen molar-refractivity contribution in [3.05, 3.63) is 352 Å². The minimum atomic E-state index is -1.91. The van der Waals surface area contributed by atoms with E-state index < -0.39 is 50.6 Å². The van der Waals surface area contributed by atoms with Crippen LogP contribution in [0.25, 0.3) is 0 Å². The van der Waals surface area contributed by atoms with Gasteiger partial charge < -0.3 is 51.8 Å². The number of nitriles is 7. The van der Waals surface area contributed by atoms with Gasteiger partial charge >= 0.3 is 0 Å². The molecule has 12 aromatic rings. The number of nitrogens with zero attached hydrogens (tertiary/aromatic N) is 7. The van der Waals surface area contributed by atoms with Crippen molar-refractivity contribution in [2.75, 3.05) is 0 Å². The van der Waals surface area contributed by atoms with Gasteiger partial charge in [-0.15, -0.1) is 40.2 Å². The molecule has 0 heterocycles. The molecule has 16 bridgehead atoms. The second kappa shape index (κ2) is 56.6. The fourth-order valence-corrected chi connectivity index (χ4v) is 21.0. The Hall–Kier alpha value is -13.0. The monoisotopic (exact) mass is 2050 g/mol. The molecule has 0 fully saturated rings. The van der Waals surface area contributed by atoms with Gasteiger partial charge in [0.15, 0.2) is 0 Å². The molecule has 1 aliphatic carbocycles. The van der Waals surface area contributed by atoms with E-state index in [2.05, 4.69) is 287 Å². The number of rotatable bonds is 4. The molecule has 0 aromatic heterocycles. The van der Waals surface area contributed by atoms with E-state index in [0.717, 1.165) is 44.5 Å². The summed E-state index contributed by atoms with van der Waals surface area (Å²) in [6.07, 6.45) is 0.204.